The molecule has 1 saturated heterocycles. The number of piperidine rings is 1. The molecule has 0 amide bonds. The highest BCUT2D eigenvalue weighted by Crippen LogP contribution is 2.34. The number of benzene rings is 2. The summed E-state index contributed by atoms with van der Waals surface area (Å²) in [7, 11) is 0. The van der Waals surface area contributed by atoms with E-state index in [0.717, 1.165) is 31.4 Å². The molecule has 0 atom stereocenters. The fourth-order valence-corrected chi connectivity index (χ4v) is 3.42. The van der Waals surface area contributed by atoms with Gasteiger partial charge in [-0.3, -0.25) is 4.79 Å². The first-order valence-electron chi connectivity index (χ1n) is 8.58. The Bertz CT molecular complexity index is 798. The van der Waals surface area contributed by atoms with Crippen molar-refractivity contribution in [3.63, 3.8) is 0 Å². The Kier molecular flexibility index (Phi) is 5.56. The maximum absolute atomic E-state index is 13.3. The van der Waals surface area contributed by atoms with Crippen molar-refractivity contribution >= 4 is 23.1 Å². The molecule has 1 aliphatic heterocycles. The van der Waals surface area contributed by atoms with Crippen molar-refractivity contribution in [1.82, 2.24) is 0 Å². The van der Waals surface area contributed by atoms with Crippen LogP contribution < -0.4 is 4.90 Å². The van der Waals surface area contributed by atoms with E-state index in [1.807, 2.05) is 4.90 Å². The highest BCUT2D eigenvalue weighted by Gasteiger charge is 2.32. The molecule has 0 aliphatic carbocycles. The van der Waals surface area contributed by atoms with Crippen LogP contribution in [0.3, 0.4) is 0 Å². The number of nitrogens with zero attached hydrogens (tertiary/aromatic N) is 1. The summed E-state index contributed by atoms with van der Waals surface area (Å²) in [6.45, 7) is 1.42. The highest BCUT2D eigenvalue weighted by atomic mass is 35.5. The standard InChI is InChI=1S/C20H19ClF3NO/c21-17-6-4-5-14(9-17)10-19(26)15-11-16(20(22,23)24)13-18(12-15)25-7-2-1-3-8-25/h4-6,9,11-13H,1-3,7-8,10H2. The van der Waals surface area contributed by atoms with Gasteiger partial charge in [0.05, 0.1) is 5.56 Å². The smallest absolute Gasteiger partial charge is 0.372 e. The van der Waals surface area contributed by atoms with E-state index in [1.54, 1.807) is 30.3 Å². The van der Waals surface area contributed by atoms with Gasteiger partial charge in [-0.05, 0) is 55.2 Å². The van der Waals surface area contributed by atoms with Crippen molar-refractivity contribution in [2.24, 2.45) is 0 Å². The summed E-state index contributed by atoms with van der Waals surface area (Å²) in [5.74, 6) is -0.350. The van der Waals surface area contributed by atoms with Gasteiger partial charge >= 0.3 is 6.18 Å². The highest BCUT2D eigenvalue weighted by molar-refractivity contribution is 6.30. The molecule has 138 valence electrons. The van der Waals surface area contributed by atoms with E-state index < -0.39 is 11.7 Å². The van der Waals surface area contributed by atoms with Crippen LogP contribution in [0.1, 0.15) is 40.7 Å². The van der Waals surface area contributed by atoms with Gasteiger partial charge in [-0.25, -0.2) is 0 Å². The molecule has 26 heavy (non-hydrogen) atoms. The zero-order chi connectivity index (χ0) is 18.7. The van der Waals surface area contributed by atoms with Crippen molar-refractivity contribution in [2.45, 2.75) is 31.9 Å². The molecule has 0 radical (unpaired) electrons. The van der Waals surface area contributed by atoms with E-state index in [9.17, 15) is 18.0 Å². The minimum absolute atomic E-state index is 0.0152. The van der Waals surface area contributed by atoms with Gasteiger partial charge in [-0.2, -0.15) is 13.2 Å². The lowest BCUT2D eigenvalue weighted by Crippen LogP contribution is -2.30. The molecular weight excluding hydrogens is 363 g/mol. The molecule has 2 aromatic carbocycles. The number of hydrogen-bond acceptors (Lipinski definition) is 2. The van der Waals surface area contributed by atoms with E-state index in [1.165, 1.54) is 0 Å². The monoisotopic (exact) mass is 381 g/mol. The normalized spacial score (nSPS) is 15.2. The van der Waals surface area contributed by atoms with Crippen LogP contribution in [0.25, 0.3) is 0 Å². The van der Waals surface area contributed by atoms with E-state index in [4.69, 9.17) is 11.6 Å². The van der Waals surface area contributed by atoms with E-state index in [2.05, 4.69) is 0 Å². The van der Waals surface area contributed by atoms with Gasteiger partial charge in [-0.15, -0.1) is 0 Å². The Hall–Kier alpha value is -2.01. The number of Topliss-reactive ketones (excluding diaryl/α,β-unsaturated/α-hetero) is 1. The number of alkyl halides is 3. The number of carbonyl (C=O) groups excluding carboxylic acids is 1. The number of halogens is 4. The molecule has 0 N–H and O–H groups in total. The molecule has 2 aromatic rings. The van der Waals surface area contributed by atoms with Gasteiger partial charge in [0.15, 0.2) is 5.78 Å². The maximum Gasteiger partial charge on any atom is 0.416 e. The fraction of sp³-hybridized carbons (Fsp3) is 0.350. The van der Waals surface area contributed by atoms with Crippen molar-refractivity contribution in [2.75, 3.05) is 18.0 Å². The zero-order valence-electron chi connectivity index (χ0n) is 14.2. The minimum Gasteiger partial charge on any atom is -0.372 e. The largest absolute Gasteiger partial charge is 0.416 e. The third-order valence-corrected chi connectivity index (χ3v) is 4.78. The second-order valence-corrected chi connectivity index (χ2v) is 6.98. The molecular formula is C20H19ClF3NO. The van der Waals surface area contributed by atoms with Crippen molar-refractivity contribution in [1.29, 1.82) is 0 Å². The molecule has 1 heterocycles. The van der Waals surface area contributed by atoms with Gasteiger partial charge in [0.1, 0.15) is 0 Å². The Morgan fingerprint density at radius 1 is 1.04 bits per heavy atom. The SMILES string of the molecule is O=C(Cc1cccc(Cl)c1)c1cc(N2CCCCC2)cc(C(F)(F)F)c1. The number of anilines is 1. The number of hydrogen-bond donors (Lipinski definition) is 0. The van der Waals surface area contributed by atoms with Gasteiger partial charge < -0.3 is 4.90 Å². The number of rotatable bonds is 4. The van der Waals surface area contributed by atoms with Gasteiger partial charge in [-0.1, -0.05) is 23.7 Å². The third-order valence-electron chi connectivity index (χ3n) is 4.54. The Labute approximate surface area is 155 Å². The third kappa shape index (κ3) is 4.58. The minimum atomic E-state index is -4.49. The van der Waals surface area contributed by atoms with Gasteiger partial charge in [0, 0.05) is 35.8 Å². The van der Waals surface area contributed by atoms with E-state index in [-0.39, 0.29) is 17.8 Å². The van der Waals surface area contributed by atoms with Gasteiger partial charge in [0.25, 0.3) is 0 Å². The van der Waals surface area contributed by atoms with Crippen molar-refractivity contribution < 1.29 is 18.0 Å². The maximum atomic E-state index is 13.3. The van der Waals surface area contributed by atoms with Crippen LogP contribution in [0.2, 0.25) is 5.02 Å². The Balaban J connectivity index is 1.92. The average Bonchev–Trinajstić information content (AvgIpc) is 2.61. The second-order valence-electron chi connectivity index (χ2n) is 6.54. The van der Waals surface area contributed by atoms with Gasteiger partial charge in [0.2, 0.25) is 0 Å². The molecule has 0 spiro atoms. The van der Waals surface area contributed by atoms with E-state index in [0.29, 0.717) is 29.4 Å². The number of carbonyl (C=O) groups is 1. The fourth-order valence-electron chi connectivity index (χ4n) is 3.20. The van der Waals surface area contributed by atoms with Crippen LogP contribution in [-0.4, -0.2) is 18.9 Å². The van der Waals surface area contributed by atoms with Crippen LogP contribution >= 0.6 is 11.6 Å². The first-order valence-corrected chi connectivity index (χ1v) is 8.95. The molecule has 6 heteroatoms. The first kappa shape index (κ1) is 18.8. The summed E-state index contributed by atoms with van der Waals surface area (Å²) < 4.78 is 39.9. The summed E-state index contributed by atoms with van der Waals surface area (Å²) in [4.78, 5) is 14.5. The molecule has 0 aromatic heterocycles. The van der Waals surface area contributed by atoms with Crippen LogP contribution in [-0.2, 0) is 12.6 Å². The summed E-state index contributed by atoms with van der Waals surface area (Å²) in [5.41, 5.74) is 0.448. The second kappa shape index (κ2) is 7.70. The van der Waals surface area contributed by atoms with Crippen molar-refractivity contribution in [3.05, 3.63) is 64.2 Å². The lowest BCUT2D eigenvalue weighted by atomic mass is 9.99. The molecule has 2 nitrogen and oxygen atoms in total. The quantitative estimate of drug-likeness (QED) is 0.626. The number of ketones is 1. The predicted octanol–water partition coefficient (Wildman–Crippen LogP) is 5.77. The first-order chi connectivity index (χ1) is 12.3. The summed E-state index contributed by atoms with van der Waals surface area (Å²) in [6.07, 6.45) is -1.50. The summed E-state index contributed by atoms with van der Waals surface area (Å²) >= 11 is 5.92. The summed E-state index contributed by atoms with van der Waals surface area (Å²) in [5, 5.41) is 0.494. The van der Waals surface area contributed by atoms with Crippen LogP contribution in [0, 0.1) is 0 Å². The lowest BCUT2D eigenvalue weighted by molar-refractivity contribution is -0.137. The van der Waals surface area contributed by atoms with Crippen LogP contribution in [0.4, 0.5) is 18.9 Å². The molecule has 1 fully saturated rings. The van der Waals surface area contributed by atoms with Crippen LogP contribution in [0.15, 0.2) is 42.5 Å². The molecule has 1 aliphatic rings. The topological polar surface area (TPSA) is 20.3 Å². The van der Waals surface area contributed by atoms with Crippen LogP contribution in [0.5, 0.6) is 0 Å². The molecule has 0 saturated carbocycles. The lowest BCUT2D eigenvalue weighted by Gasteiger charge is -2.29. The Morgan fingerprint density at radius 3 is 2.42 bits per heavy atom. The predicted molar refractivity (Wildman–Crippen MR) is 97.0 cm³/mol. The van der Waals surface area contributed by atoms with E-state index >= 15 is 0 Å². The Morgan fingerprint density at radius 2 is 1.77 bits per heavy atom. The average molecular weight is 382 g/mol. The molecule has 0 bridgehead atoms. The zero-order valence-corrected chi connectivity index (χ0v) is 14.9. The molecule has 0 unspecified atom stereocenters. The van der Waals surface area contributed by atoms with Crippen molar-refractivity contribution in [3.8, 4) is 0 Å². The summed E-state index contributed by atoms with van der Waals surface area (Å²) in [6, 6.07) is 10.5. The molecule has 3 rings (SSSR count).